The number of benzene rings is 2. The quantitative estimate of drug-likeness (QED) is 0.728. The van der Waals surface area contributed by atoms with E-state index in [4.69, 9.17) is 4.74 Å². The maximum Gasteiger partial charge on any atom is 0.253 e. The molecule has 0 aliphatic carbocycles. The number of nitrogens with one attached hydrogen (secondary N) is 1. The Balaban J connectivity index is 1.51. The lowest BCUT2D eigenvalue weighted by atomic mass is 9.81. The first-order chi connectivity index (χ1) is 16.5. The van der Waals surface area contributed by atoms with Crippen LogP contribution in [0.15, 0.2) is 42.5 Å². The lowest BCUT2D eigenvalue weighted by Crippen LogP contribution is -2.44. The molecule has 34 heavy (non-hydrogen) atoms. The van der Waals surface area contributed by atoms with Gasteiger partial charge in [0, 0.05) is 56.9 Å². The Morgan fingerprint density at radius 1 is 1.09 bits per heavy atom. The first-order valence-electron chi connectivity index (χ1n) is 12.2. The number of carbonyl (C=O) groups excluding carboxylic acids is 2. The number of fused-ring (bicyclic) bond motifs is 3. The van der Waals surface area contributed by atoms with Gasteiger partial charge in [-0.05, 0) is 60.2 Å². The van der Waals surface area contributed by atoms with Crippen LogP contribution in [0.25, 0.3) is 11.1 Å². The molecule has 2 N–H and O–H groups in total. The van der Waals surface area contributed by atoms with Gasteiger partial charge < -0.3 is 25.0 Å². The molecule has 0 aromatic heterocycles. The molecule has 0 unspecified atom stereocenters. The normalized spacial score (nSPS) is 24.2. The Hall–Kier alpha value is -2.90. The van der Waals surface area contributed by atoms with Crippen molar-refractivity contribution in [2.45, 2.75) is 31.3 Å². The number of anilines is 1. The Labute approximate surface area is 200 Å². The predicted molar refractivity (Wildman–Crippen MR) is 130 cm³/mol. The van der Waals surface area contributed by atoms with Gasteiger partial charge in [-0.15, -0.1) is 0 Å². The van der Waals surface area contributed by atoms with E-state index in [1.54, 1.807) is 19.0 Å². The molecule has 3 aliphatic heterocycles. The molecule has 7 heteroatoms. The summed E-state index contributed by atoms with van der Waals surface area (Å²) in [7, 11) is 3.50. The van der Waals surface area contributed by atoms with Gasteiger partial charge in [-0.1, -0.05) is 18.2 Å². The molecule has 2 aromatic rings. The minimum atomic E-state index is -0.0723. The maximum atomic E-state index is 13.5. The highest BCUT2D eigenvalue weighted by atomic mass is 16.5. The lowest BCUT2D eigenvalue weighted by Gasteiger charge is -2.40. The molecule has 2 aromatic carbocycles. The zero-order chi connectivity index (χ0) is 23.8. The number of carbonyl (C=O) groups is 2. The number of hydrogen-bond acceptors (Lipinski definition) is 5. The van der Waals surface area contributed by atoms with Gasteiger partial charge >= 0.3 is 0 Å². The fourth-order valence-electron chi connectivity index (χ4n) is 5.76. The highest BCUT2D eigenvalue weighted by Gasteiger charge is 2.46. The van der Waals surface area contributed by atoms with Crippen molar-refractivity contribution < 1.29 is 19.4 Å². The Morgan fingerprint density at radius 2 is 1.85 bits per heavy atom. The molecule has 0 saturated carbocycles. The highest BCUT2D eigenvalue weighted by Crippen LogP contribution is 2.48. The monoisotopic (exact) mass is 463 g/mol. The second kappa shape index (κ2) is 9.39. The van der Waals surface area contributed by atoms with Gasteiger partial charge in [0.05, 0.1) is 18.7 Å². The van der Waals surface area contributed by atoms with Gasteiger partial charge in [0.2, 0.25) is 5.91 Å². The highest BCUT2D eigenvalue weighted by molar-refractivity contribution is 5.95. The van der Waals surface area contributed by atoms with E-state index in [-0.39, 0.29) is 42.3 Å². The average molecular weight is 464 g/mol. The van der Waals surface area contributed by atoms with Crippen molar-refractivity contribution in [1.29, 1.82) is 0 Å². The number of hydrogen-bond donors (Lipinski definition) is 2. The molecule has 0 spiro atoms. The van der Waals surface area contributed by atoms with E-state index in [0.717, 1.165) is 41.6 Å². The average Bonchev–Trinajstić information content (AvgIpc) is 3.33. The van der Waals surface area contributed by atoms with Gasteiger partial charge in [-0.2, -0.15) is 0 Å². The molecule has 7 nitrogen and oxygen atoms in total. The molecular weight excluding hydrogens is 430 g/mol. The molecule has 180 valence electrons. The van der Waals surface area contributed by atoms with Crippen molar-refractivity contribution in [1.82, 2.24) is 9.80 Å². The second-order valence-corrected chi connectivity index (χ2v) is 9.83. The van der Waals surface area contributed by atoms with E-state index < -0.39 is 0 Å². The number of rotatable bonds is 4. The van der Waals surface area contributed by atoms with Crippen LogP contribution < -0.4 is 5.32 Å². The molecule has 2 amide bonds. The van der Waals surface area contributed by atoms with E-state index in [2.05, 4.69) is 16.3 Å². The summed E-state index contributed by atoms with van der Waals surface area (Å²) in [6.45, 7) is 2.03. The summed E-state index contributed by atoms with van der Waals surface area (Å²) in [6.07, 6.45) is 2.41. The molecule has 3 atom stereocenters. The van der Waals surface area contributed by atoms with Gasteiger partial charge in [0.1, 0.15) is 0 Å². The van der Waals surface area contributed by atoms with Gasteiger partial charge in [0.15, 0.2) is 0 Å². The van der Waals surface area contributed by atoms with Crippen molar-refractivity contribution in [3.05, 3.63) is 53.6 Å². The van der Waals surface area contributed by atoms with Crippen molar-refractivity contribution >= 4 is 17.5 Å². The first-order valence-corrected chi connectivity index (χ1v) is 12.2. The fourth-order valence-corrected chi connectivity index (χ4v) is 5.76. The number of nitrogens with zero attached hydrogens (tertiary/aromatic N) is 2. The molecule has 0 bridgehead atoms. The van der Waals surface area contributed by atoms with Crippen molar-refractivity contribution in [2.75, 3.05) is 45.8 Å². The summed E-state index contributed by atoms with van der Waals surface area (Å²) in [5.74, 6) is 0.356. The first kappa shape index (κ1) is 22.9. The van der Waals surface area contributed by atoms with Crippen LogP contribution in [0.1, 0.15) is 41.2 Å². The summed E-state index contributed by atoms with van der Waals surface area (Å²) < 4.78 is 5.47. The van der Waals surface area contributed by atoms with Crippen LogP contribution in [0.3, 0.4) is 0 Å². The van der Waals surface area contributed by atoms with Crippen LogP contribution >= 0.6 is 0 Å². The number of aliphatic hydroxyl groups excluding tert-OH is 1. The minimum absolute atomic E-state index is 0.00956. The minimum Gasteiger partial charge on any atom is -0.394 e. The number of amides is 2. The summed E-state index contributed by atoms with van der Waals surface area (Å²) in [4.78, 5) is 29.7. The van der Waals surface area contributed by atoms with Gasteiger partial charge in [-0.25, -0.2) is 0 Å². The third-order valence-corrected chi connectivity index (χ3v) is 7.57. The third-order valence-electron chi connectivity index (χ3n) is 7.57. The van der Waals surface area contributed by atoms with Crippen molar-refractivity contribution in [3.63, 3.8) is 0 Å². The van der Waals surface area contributed by atoms with Crippen LogP contribution in [-0.2, 0) is 9.53 Å². The zero-order valence-electron chi connectivity index (χ0n) is 19.9. The van der Waals surface area contributed by atoms with Crippen molar-refractivity contribution in [2.24, 2.45) is 11.8 Å². The fraction of sp³-hybridized carbons (Fsp3) is 0.481. The van der Waals surface area contributed by atoms with Crippen LogP contribution in [0, 0.1) is 11.8 Å². The van der Waals surface area contributed by atoms with Gasteiger partial charge in [0.25, 0.3) is 5.91 Å². The Bertz CT molecular complexity index is 1080. The molecule has 2 saturated heterocycles. The van der Waals surface area contributed by atoms with E-state index in [0.29, 0.717) is 25.3 Å². The number of likely N-dealkylation sites (tertiary alicyclic amines) is 1. The smallest absolute Gasteiger partial charge is 0.253 e. The van der Waals surface area contributed by atoms with E-state index >= 15 is 0 Å². The number of aliphatic hydroxyl groups is 1. The standard InChI is InChI=1S/C27H33N3O4/c1-29(2)26(32)20-5-3-4-18(14-20)19-6-7-23-22(15-19)25-21(24(16-31)28-23)8-11-30(25)27(33)17-9-12-34-13-10-17/h3-7,14-15,17,21,24-25,28,31H,8-13,16H2,1-2H3/t21-,24-,25-/m1/s1. The molecule has 5 rings (SSSR count). The van der Waals surface area contributed by atoms with Crippen LogP contribution in [0.5, 0.6) is 0 Å². The van der Waals surface area contributed by atoms with Crippen LogP contribution in [0.4, 0.5) is 5.69 Å². The summed E-state index contributed by atoms with van der Waals surface area (Å²) in [6, 6.07) is 13.8. The lowest BCUT2D eigenvalue weighted by molar-refractivity contribution is -0.140. The molecule has 0 radical (unpaired) electrons. The zero-order valence-corrected chi connectivity index (χ0v) is 19.9. The van der Waals surface area contributed by atoms with Crippen molar-refractivity contribution in [3.8, 4) is 11.1 Å². The second-order valence-electron chi connectivity index (χ2n) is 9.83. The Kier molecular flexibility index (Phi) is 6.32. The summed E-state index contributed by atoms with van der Waals surface area (Å²) >= 11 is 0. The van der Waals surface area contributed by atoms with Crippen LogP contribution in [-0.4, -0.2) is 73.2 Å². The van der Waals surface area contributed by atoms with Crippen LogP contribution in [0.2, 0.25) is 0 Å². The topological polar surface area (TPSA) is 82.1 Å². The summed E-state index contributed by atoms with van der Waals surface area (Å²) in [5, 5.41) is 13.6. The van der Waals surface area contributed by atoms with E-state index in [1.807, 2.05) is 36.4 Å². The SMILES string of the molecule is CN(C)C(=O)c1cccc(-c2ccc3c(c2)[C@H]2[C@H](CCN2C(=O)C2CCOCC2)[C@@H](CO)N3)c1. The Morgan fingerprint density at radius 3 is 2.59 bits per heavy atom. The molecular formula is C27H33N3O4. The predicted octanol–water partition coefficient (Wildman–Crippen LogP) is 3.16. The largest absolute Gasteiger partial charge is 0.394 e. The van der Waals surface area contributed by atoms with Gasteiger partial charge in [-0.3, -0.25) is 9.59 Å². The third kappa shape index (κ3) is 4.07. The number of ether oxygens (including phenoxy) is 1. The molecule has 3 aliphatic rings. The van der Waals surface area contributed by atoms with E-state index in [9.17, 15) is 14.7 Å². The summed E-state index contributed by atoms with van der Waals surface area (Å²) in [5.41, 5.74) is 4.69. The molecule has 3 heterocycles. The molecule has 2 fully saturated rings. The van der Waals surface area contributed by atoms with E-state index in [1.165, 1.54) is 0 Å². The maximum absolute atomic E-state index is 13.5.